The van der Waals surface area contributed by atoms with Gasteiger partial charge in [-0.2, -0.15) is 0 Å². The van der Waals surface area contributed by atoms with Gasteiger partial charge in [-0.3, -0.25) is 14.9 Å². The van der Waals surface area contributed by atoms with Crippen molar-refractivity contribution in [3.8, 4) is 0 Å². The molecule has 1 heterocycles. The summed E-state index contributed by atoms with van der Waals surface area (Å²) >= 11 is 0. The Hall–Kier alpha value is -1.65. The lowest BCUT2D eigenvalue weighted by Gasteiger charge is -1.98. The molecular formula is C7H8N2O3. The lowest BCUT2D eigenvalue weighted by atomic mass is 10.2. The monoisotopic (exact) mass is 168 g/mol. The van der Waals surface area contributed by atoms with Crippen LogP contribution in [0.4, 0.5) is 5.69 Å². The van der Waals surface area contributed by atoms with Crippen LogP contribution in [0.15, 0.2) is 10.9 Å². The topological polar surface area (TPSA) is 76.0 Å². The summed E-state index contributed by atoms with van der Waals surface area (Å²) in [6.07, 6.45) is 0. The highest BCUT2D eigenvalue weighted by Crippen LogP contribution is 2.17. The molecule has 1 aromatic heterocycles. The van der Waals surface area contributed by atoms with Gasteiger partial charge in [0, 0.05) is 11.6 Å². The fourth-order valence-corrected chi connectivity index (χ4v) is 1.12. The second-order valence-electron chi connectivity index (χ2n) is 2.55. The average molecular weight is 168 g/mol. The molecule has 0 fully saturated rings. The van der Waals surface area contributed by atoms with Crippen molar-refractivity contribution in [1.82, 2.24) is 4.98 Å². The van der Waals surface area contributed by atoms with E-state index in [1.807, 2.05) is 0 Å². The van der Waals surface area contributed by atoms with E-state index in [4.69, 9.17) is 0 Å². The summed E-state index contributed by atoms with van der Waals surface area (Å²) in [5, 5.41) is 10.4. The number of pyridine rings is 1. The summed E-state index contributed by atoms with van der Waals surface area (Å²) in [4.78, 5) is 23.1. The number of H-pyrrole nitrogens is 1. The summed E-state index contributed by atoms with van der Waals surface area (Å²) < 4.78 is 0. The molecule has 0 radical (unpaired) electrons. The standard InChI is InChI=1S/C7H8N2O3/c1-4-3-6(10)8-5(2)7(4)9(11)12/h3H,1-2H3,(H,8,10). The fraction of sp³-hybridized carbons (Fsp3) is 0.286. The first-order chi connectivity index (χ1) is 5.52. The minimum atomic E-state index is -0.499. The molecule has 0 saturated carbocycles. The lowest BCUT2D eigenvalue weighted by molar-refractivity contribution is -0.386. The third-order valence-electron chi connectivity index (χ3n) is 1.57. The van der Waals surface area contributed by atoms with Crippen LogP contribution >= 0.6 is 0 Å². The van der Waals surface area contributed by atoms with E-state index in [2.05, 4.69) is 4.98 Å². The highest BCUT2D eigenvalue weighted by Gasteiger charge is 2.14. The Morgan fingerprint density at radius 3 is 2.50 bits per heavy atom. The van der Waals surface area contributed by atoms with Gasteiger partial charge < -0.3 is 4.98 Å². The second-order valence-corrected chi connectivity index (χ2v) is 2.55. The molecule has 0 atom stereocenters. The molecule has 0 unspecified atom stereocenters. The van der Waals surface area contributed by atoms with E-state index in [0.717, 1.165) is 0 Å². The lowest BCUT2D eigenvalue weighted by Crippen LogP contribution is -2.09. The molecule has 0 bridgehead atoms. The Morgan fingerprint density at radius 1 is 1.50 bits per heavy atom. The van der Waals surface area contributed by atoms with E-state index >= 15 is 0 Å². The largest absolute Gasteiger partial charge is 0.320 e. The number of hydrogen-bond acceptors (Lipinski definition) is 3. The molecule has 0 aliphatic rings. The number of nitrogens with zero attached hydrogens (tertiary/aromatic N) is 1. The molecule has 1 rings (SSSR count). The summed E-state index contributed by atoms with van der Waals surface area (Å²) in [7, 11) is 0. The molecule has 1 N–H and O–H groups in total. The highest BCUT2D eigenvalue weighted by atomic mass is 16.6. The summed E-state index contributed by atoms with van der Waals surface area (Å²) in [5.41, 5.74) is 0.358. The second kappa shape index (κ2) is 2.77. The quantitative estimate of drug-likeness (QED) is 0.500. The van der Waals surface area contributed by atoms with Crippen molar-refractivity contribution in [3.63, 3.8) is 0 Å². The Morgan fingerprint density at radius 2 is 2.08 bits per heavy atom. The van der Waals surface area contributed by atoms with Gasteiger partial charge in [0.05, 0.1) is 10.6 Å². The van der Waals surface area contributed by atoms with Gasteiger partial charge in [-0.1, -0.05) is 0 Å². The van der Waals surface area contributed by atoms with Gasteiger partial charge in [0.25, 0.3) is 5.69 Å². The van der Waals surface area contributed by atoms with E-state index < -0.39 is 4.92 Å². The van der Waals surface area contributed by atoms with Crippen molar-refractivity contribution in [1.29, 1.82) is 0 Å². The molecule has 0 aliphatic heterocycles. The summed E-state index contributed by atoms with van der Waals surface area (Å²) in [5.74, 6) is 0. The molecule has 0 amide bonds. The zero-order chi connectivity index (χ0) is 9.30. The maximum Gasteiger partial charge on any atom is 0.291 e. The molecular weight excluding hydrogens is 160 g/mol. The summed E-state index contributed by atoms with van der Waals surface area (Å²) in [6.45, 7) is 3.05. The molecule has 1 aromatic rings. The Balaban J connectivity index is 3.48. The van der Waals surface area contributed by atoms with Crippen LogP contribution in [0.2, 0.25) is 0 Å². The van der Waals surface area contributed by atoms with Crippen LogP contribution in [-0.4, -0.2) is 9.91 Å². The first-order valence-corrected chi connectivity index (χ1v) is 3.37. The third kappa shape index (κ3) is 1.34. The first-order valence-electron chi connectivity index (χ1n) is 3.37. The number of aryl methyl sites for hydroxylation is 2. The van der Waals surface area contributed by atoms with E-state index in [-0.39, 0.29) is 11.2 Å². The van der Waals surface area contributed by atoms with Gasteiger partial charge in [-0.05, 0) is 13.8 Å². The predicted molar refractivity (Wildman–Crippen MR) is 43.2 cm³/mol. The fourth-order valence-electron chi connectivity index (χ4n) is 1.12. The van der Waals surface area contributed by atoms with Crippen LogP contribution in [0, 0.1) is 24.0 Å². The summed E-state index contributed by atoms with van der Waals surface area (Å²) in [6, 6.07) is 1.21. The number of aromatic nitrogens is 1. The average Bonchev–Trinajstić information content (AvgIpc) is 1.82. The van der Waals surface area contributed by atoms with Crippen LogP contribution in [0.1, 0.15) is 11.3 Å². The van der Waals surface area contributed by atoms with Crippen LogP contribution in [-0.2, 0) is 0 Å². The molecule has 64 valence electrons. The van der Waals surface area contributed by atoms with Crippen LogP contribution in [0.5, 0.6) is 0 Å². The van der Waals surface area contributed by atoms with Crippen LogP contribution < -0.4 is 5.56 Å². The smallest absolute Gasteiger partial charge is 0.291 e. The number of nitro groups is 1. The van der Waals surface area contributed by atoms with E-state index in [1.54, 1.807) is 6.92 Å². The number of nitrogens with one attached hydrogen (secondary N) is 1. The third-order valence-corrected chi connectivity index (χ3v) is 1.57. The normalized spacial score (nSPS) is 9.83. The Bertz CT molecular complexity index is 354. The van der Waals surface area contributed by atoms with Gasteiger partial charge in [-0.25, -0.2) is 0 Å². The molecule has 5 heteroatoms. The Kier molecular flexibility index (Phi) is 1.95. The van der Waals surface area contributed by atoms with Gasteiger partial charge >= 0.3 is 0 Å². The SMILES string of the molecule is Cc1cc(=O)[nH]c(C)c1[N+](=O)[O-]. The maximum absolute atomic E-state index is 10.8. The van der Waals surface area contributed by atoms with Crippen LogP contribution in [0.3, 0.4) is 0 Å². The molecule has 0 spiro atoms. The first kappa shape index (κ1) is 8.45. The number of rotatable bonds is 1. The zero-order valence-corrected chi connectivity index (χ0v) is 6.75. The molecule has 0 aromatic carbocycles. The maximum atomic E-state index is 10.8. The van der Waals surface area contributed by atoms with Crippen molar-refractivity contribution in [2.24, 2.45) is 0 Å². The Labute approximate surface area is 68.2 Å². The van der Waals surface area contributed by atoms with Crippen LogP contribution in [0.25, 0.3) is 0 Å². The minimum Gasteiger partial charge on any atom is -0.320 e. The molecule has 5 nitrogen and oxygen atoms in total. The number of hydrogen-bond donors (Lipinski definition) is 1. The van der Waals surface area contributed by atoms with Crippen molar-refractivity contribution in [3.05, 3.63) is 37.8 Å². The minimum absolute atomic E-state index is 0.0189. The van der Waals surface area contributed by atoms with Crippen molar-refractivity contribution < 1.29 is 4.92 Å². The predicted octanol–water partition coefficient (Wildman–Crippen LogP) is 0.900. The highest BCUT2D eigenvalue weighted by molar-refractivity contribution is 5.41. The van der Waals surface area contributed by atoms with Gasteiger partial charge in [0.2, 0.25) is 5.56 Å². The molecule has 12 heavy (non-hydrogen) atoms. The van der Waals surface area contributed by atoms with Crippen molar-refractivity contribution >= 4 is 5.69 Å². The molecule has 0 aliphatic carbocycles. The number of aromatic amines is 1. The van der Waals surface area contributed by atoms with Gasteiger partial charge in [0.15, 0.2) is 0 Å². The molecule has 0 saturated heterocycles. The van der Waals surface area contributed by atoms with Crippen molar-refractivity contribution in [2.45, 2.75) is 13.8 Å². The van der Waals surface area contributed by atoms with E-state index in [1.165, 1.54) is 13.0 Å². The van der Waals surface area contributed by atoms with E-state index in [9.17, 15) is 14.9 Å². The van der Waals surface area contributed by atoms with Gasteiger partial charge in [-0.15, -0.1) is 0 Å². The zero-order valence-electron chi connectivity index (χ0n) is 6.75. The van der Waals surface area contributed by atoms with Gasteiger partial charge in [0.1, 0.15) is 0 Å². The van der Waals surface area contributed by atoms with Crippen molar-refractivity contribution in [2.75, 3.05) is 0 Å². The van der Waals surface area contributed by atoms with E-state index in [0.29, 0.717) is 11.3 Å².